The molecule has 0 aliphatic rings. The van der Waals surface area contributed by atoms with Crippen molar-refractivity contribution in [1.82, 2.24) is 20.0 Å². The van der Waals surface area contributed by atoms with Gasteiger partial charge < -0.3 is 15.2 Å². The molecule has 4 aromatic rings. The van der Waals surface area contributed by atoms with Gasteiger partial charge in [-0.2, -0.15) is 10.2 Å². The van der Waals surface area contributed by atoms with E-state index in [4.69, 9.17) is 4.74 Å². The van der Waals surface area contributed by atoms with Crippen LogP contribution in [-0.4, -0.2) is 37.6 Å². The van der Waals surface area contributed by atoms with Crippen molar-refractivity contribution in [2.24, 2.45) is 0 Å². The van der Waals surface area contributed by atoms with Gasteiger partial charge in [-0.05, 0) is 31.2 Å². The highest BCUT2D eigenvalue weighted by molar-refractivity contribution is 6.09. The Bertz CT molecular complexity index is 1100. The van der Waals surface area contributed by atoms with Crippen LogP contribution in [0.5, 0.6) is 11.6 Å². The lowest BCUT2D eigenvalue weighted by atomic mass is 10.2. The van der Waals surface area contributed by atoms with Gasteiger partial charge in [0.15, 0.2) is 5.82 Å². The predicted octanol–water partition coefficient (Wildman–Crippen LogP) is 3.11. The van der Waals surface area contributed by atoms with Crippen LogP contribution in [-0.2, 0) is 0 Å². The SMILES string of the molecule is CCOc1c(C(=O)Nc2n[nH]c3cc(O)ccc23)cnn1-c1ccccc1. The van der Waals surface area contributed by atoms with Crippen molar-refractivity contribution in [3.8, 4) is 17.3 Å². The van der Waals surface area contributed by atoms with Gasteiger partial charge in [0.1, 0.15) is 11.3 Å². The van der Waals surface area contributed by atoms with E-state index in [1.54, 1.807) is 10.7 Å². The summed E-state index contributed by atoms with van der Waals surface area (Å²) in [6, 6.07) is 14.2. The molecule has 2 aromatic carbocycles. The molecule has 1 amide bonds. The van der Waals surface area contributed by atoms with E-state index in [-0.39, 0.29) is 11.7 Å². The number of benzene rings is 2. The Morgan fingerprint density at radius 2 is 2.07 bits per heavy atom. The largest absolute Gasteiger partial charge is 0.508 e. The summed E-state index contributed by atoms with van der Waals surface area (Å²) in [4.78, 5) is 12.8. The van der Waals surface area contributed by atoms with E-state index in [1.807, 2.05) is 37.3 Å². The molecule has 0 unspecified atom stereocenters. The predicted molar refractivity (Wildman–Crippen MR) is 100 cm³/mol. The van der Waals surface area contributed by atoms with Crippen LogP contribution < -0.4 is 10.1 Å². The van der Waals surface area contributed by atoms with E-state index in [9.17, 15) is 9.90 Å². The van der Waals surface area contributed by atoms with Gasteiger partial charge in [0.2, 0.25) is 5.88 Å². The third-order valence-electron chi connectivity index (χ3n) is 4.03. The highest BCUT2D eigenvalue weighted by atomic mass is 16.5. The number of hydrogen-bond acceptors (Lipinski definition) is 5. The number of aromatic nitrogens is 4. The Hall–Kier alpha value is -3.81. The van der Waals surface area contributed by atoms with Crippen LogP contribution in [0.1, 0.15) is 17.3 Å². The van der Waals surface area contributed by atoms with Crippen molar-refractivity contribution in [1.29, 1.82) is 0 Å². The average Bonchev–Trinajstić information content (AvgIpc) is 3.27. The highest BCUT2D eigenvalue weighted by Crippen LogP contribution is 2.27. The number of carbonyl (C=O) groups is 1. The number of fused-ring (bicyclic) bond motifs is 1. The van der Waals surface area contributed by atoms with Gasteiger partial charge in [-0.15, -0.1) is 0 Å². The molecule has 0 radical (unpaired) electrons. The van der Waals surface area contributed by atoms with Crippen molar-refractivity contribution in [2.45, 2.75) is 6.92 Å². The molecule has 0 bridgehead atoms. The summed E-state index contributed by atoms with van der Waals surface area (Å²) < 4.78 is 7.27. The van der Waals surface area contributed by atoms with Gasteiger partial charge in [0, 0.05) is 11.5 Å². The van der Waals surface area contributed by atoms with Crippen LogP contribution in [0.15, 0.2) is 54.7 Å². The first-order valence-corrected chi connectivity index (χ1v) is 8.42. The fourth-order valence-electron chi connectivity index (χ4n) is 2.80. The lowest BCUT2D eigenvalue weighted by molar-refractivity contribution is 0.102. The summed E-state index contributed by atoms with van der Waals surface area (Å²) in [6.45, 7) is 2.24. The summed E-state index contributed by atoms with van der Waals surface area (Å²) in [5.41, 5.74) is 1.71. The van der Waals surface area contributed by atoms with Gasteiger partial charge in [0.05, 0.1) is 24.0 Å². The molecule has 0 aliphatic carbocycles. The number of anilines is 1. The first kappa shape index (κ1) is 16.6. The number of H-pyrrole nitrogens is 1. The first-order chi connectivity index (χ1) is 13.2. The lowest BCUT2D eigenvalue weighted by Crippen LogP contribution is -2.14. The van der Waals surface area contributed by atoms with Crippen LogP contribution in [0.25, 0.3) is 16.6 Å². The average molecular weight is 363 g/mol. The van der Waals surface area contributed by atoms with Crippen molar-refractivity contribution in [3.05, 3.63) is 60.3 Å². The summed E-state index contributed by atoms with van der Waals surface area (Å²) >= 11 is 0. The molecule has 27 heavy (non-hydrogen) atoms. The number of hydrogen-bond donors (Lipinski definition) is 3. The molecule has 0 aliphatic heterocycles. The first-order valence-electron chi connectivity index (χ1n) is 8.42. The zero-order valence-electron chi connectivity index (χ0n) is 14.5. The van der Waals surface area contributed by atoms with E-state index in [1.165, 1.54) is 18.3 Å². The summed E-state index contributed by atoms with van der Waals surface area (Å²) in [7, 11) is 0. The number of ether oxygens (including phenoxy) is 1. The van der Waals surface area contributed by atoms with Crippen LogP contribution in [0.4, 0.5) is 5.82 Å². The minimum atomic E-state index is -0.387. The number of phenolic OH excluding ortho intramolecular Hbond substituents is 1. The fraction of sp³-hybridized carbons (Fsp3) is 0.105. The van der Waals surface area contributed by atoms with Crippen molar-refractivity contribution >= 4 is 22.6 Å². The van der Waals surface area contributed by atoms with Gasteiger partial charge in [-0.25, -0.2) is 4.68 Å². The molecule has 3 N–H and O–H groups in total. The zero-order valence-corrected chi connectivity index (χ0v) is 14.5. The smallest absolute Gasteiger partial charge is 0.264 e. The Morgan fingerprint density at radius 3 is 2.85 bits per heavy atom. The highest BCUT2D eigenvalue weighted by Gasteiger charge is 2.21. The Labute approximate surface area is 154 Å². The summed E-state index contributed by atoms with van der Waals surface area (Å²) in [6.07, 6.45) is 1.47. The number of rotatable bonds is 5. The second-order valence-corrected chi connectivity index (χ2v) is 5.80. The van der Waals surface area contributed by atoms with E-state index in [2.05, 4.69) is 20.6 Å². The molecule has 136 valence electrons. The summed E-state index contributed by atoms with van der Waals surface area (Å²) in [5, 5.41) is 24.2. The van der Waals surface area contributed by atoms with Crippen LogP contribution in [0, 0.1) is 0 Å². The van der Waals surface area contributed by atoms with E-state index < -0.39 is 0 Å². The molecule has 8 nitrogen and oxygen atoms in total. The molecule has 0 fully saturated rings. The molecular weight excluding hydrogens is 346 g/mol. The number of para-hydroxylation sites is 1. The molecule has 0 atom stereocenters. The van der Waals surface area contributed by atoms with Crippen LogP contribution in [0.3, 0.4) is 0 Å². The van der Waals surface area contributed by atoms with E-state index in [0.717, 1.165) is 5.69 Å². The minimum Gasteiger partial charge on any atom is -0.508 e. The molecule has 0 saturated heterocycles. The number of amides is 1. The maximum absolute atomic E-state index is 12.8. The van der Waals surface area contributed by atoms with Crippen molar-refractivity contribution < 1.29 is 14.6 Å². The van der Waals surface area contributed by atoms with E-state index >= 15 is 0 Å². The van der Waals surface area contributed by atoms with Gasteiger partial charge in [0.25, 0.3) is 5.91 Å². The number of carbonyl (C=O) groups excluding carboxylic acids is 1. The van der Waals surface area contributed by atoms with Crippen LogP contribution in [0.2, 0.25) is 0 Å². The molecule has 8 heteroatoms. The number of nitrogens with zero attached hydrogens (tertiary/aromatic N) is 3. The number of aromatic amines is 1. The quantitative estimate of drug-likeness (QED) is 0.505. The van der Waals surface area contributed by atoms with Crippen LogP contribution >= 0.6 is 0 Å². The third kappa shape index (κ3) is 3.08. The Morgan fingerprint density at radius 1 is 1.26 bits per heavy atom. The van der Waals surface area contributed by atoms with Gasteiger partial charge in [-0.3, -0.25) is 9.89 Å². The second kappa shape index (κ2) is 6.83. The number of nitrogens with one attached hydrogen (secondary N) is 2. The second-order valence-electron chi connectivity index (χ2n) is 5.80. The Balaban J connectivity index is 1.68. The molecule has 0 spiro atoms. The monoisotopic (exact) mass is 363 g/mol. The standard InChI is InChI=1S/C19H17N5O3/c1-2-27-19-15(11-20-24(19)12-6-4-3-5-7-12)18(26)21-17-14-9-8-13(25)10-16(14)22-23-17/h3-11,25H,2H2,1H3,(H2,21,22,23,26). The van der Waals surface area contributed by atoms with Crippen molar-refractivity contribution in [2.75, 3.05) is 11.9 Å². The molecule has 2 heterocycles. The number of aromatic hydroxyl groups is 1. The van der Waals surface area contributed by atoms with Gasteiger partial charge in [-0.1, -0.05) is 18.2 Å². The minimum absolute atomic E-state index is 0.117. The maximum atomic E-state index is 12.8. The van der Waals surface area contributed by atoms with Crippen molar-refractivity contribution in [3.63, 3.8) is 0 Å². The normalized spacial score (nSPS) is 10.9. The molecule has 2 aromatic heterocycles. The Kier molecular flexibility index (Phi) is 4.21. The zero-order chi connectivity index (χ0) is 18.8. The number of phenols is 1. The summed E-state index contributed by atoms with van der Waals surface area (Å²) in [5.74, 6) is 0.456. The molecule has 0 saturated carbocycles. The third-order valence-corrected chi connectivity index (χ3v) is 4.03. The maximum Gasteiger partial charge on any atom is 0.264 e. The molecule has 4 rings (SSSR count). The van der Waals surface area contributed by atoms with Gasteiger partial charge >= 0.3 is 0 Å². The topological polar surface area (TPSA) is 105 Å². The lowest BCUT2D eigenvalue weighted by Gasteiger charge is -2.09. The fourth-order valence-corrected chi connectivity index (χ4v) is 2.80. The molecular formula is C19H17N5O3. The van der Waals surface area contributed by atoms with E-state index in [0.29, 0.717) is 34.8 Å².